The molecule has 0 bridgehead atoms. The predicted molar refractivity (Wildman–Crippen MR) is 108 cm³/mol. The van der Waals surface area contributed by atoms with Gasteiger partial charge in [0.1, 0.15) is 19.8 Å². The zero-order chi connectivity index (χ0) is 19.3. The lowest BCUT2D eigenvalue weighted by atomic mass is 9.64. The van der Waals surface area contributed by atoms with Crippen LogP contribution in [0.25, 0.3) is 0 Å². The van der Waals surface area contributed by atoms with Gasteiger partial charge < -0.3 is 14.6 Å². The van der Waals surface area contributed by atoms with Gasteiger partial charge in [-0.1, -0.05) is 45.1 Å². The van der Waals surface area contributed by atoms with E-state index in [0.717, 1.165) is 12.8 Å². The fourth-order valence-corrected chi connectivity index (χ4v) is 5.70. The van der Waals surface area contributed by atoms with E-state index in [9.17, 15) is 5.11 Å². The maximum atomic E-state index is 9.61. The zero-order valence-corrected chi connectivity index (χ0v) is 18.5. The molecule has 0 spiro atoms. The van der Waals surface area contributed by atoms with Crippen LogP contribution in [0.15, 0.2) is 11.6 Å². The third-order valence-corrected chi connectivity index (χ3v) is 7.48. The van der Waals surface area contributed by atoms with E-state index in [-0.39, 0.29) is 30.5 Å². The van der Waals surface area contributed by atoms with Gasteiger partial charge in [-0.25, -0.2) is 0 Å². The molecule has 0 aromatic rings. The van der Waals surface area contributed by atoms with Gasteiger partial charge in [0.05, 0.1) is 18.8 Å². The largest absolute Gasteiger partial charge is 0.394 e. The number of allylic oxidation sites excluding steroid dienone is 1. The molecule has 146 valence electrons. The highest BCUT2D eigenvalue weighted by molar-refractivity contribution is 6.83. The minimum absolute atomic E-state index is 0.0550. The Morgan fingerprint density at radius 2 is 2.04 bits per heavy atom. The van der Waals surface area contributed by atoms with E-state index in [2.05, 4.69) is 64.9 Å². The average Bonchev–Trinajstić information content (AvgIpc) is 3.05. The number of epoxide rings is 1. The molecule has 3 nitrogen and oxygen atoms in total. The van der Waals surface area contributed by atoms with Crippen molar-refractivity contribution >= 4 is 8.07 Å². The van der Waals surface area contributed by atoms with Crippen LogP contribution in [0.3, 0.4) is 0 Å². The summed E-state index contributed by atoms with van der Waals surface area (Å²) >= 11 is 0. The molecule has 7 atom stereocenters. The lowest BCUT2D eigenvalue weighted by Gasteiger charge is -2.39. The van der Waals surface area contributed by atoms with Crippen LogP contribution >= 0.6 is 0 Å². The summed E-state index contributed by atoms with van der Waals surface area (Å²) in [7, 11) is -1.37. The predicted octanol–water partition coefficient (Wildman–Crippen LogP) is 4.03. The Balaban J connectivity index is 1.89. The van der Waals surface area contributed by atoms with E-state index >= 15 is 0 Å². The number of aliphatic hydroxyl groups excluding tert-OH is 1. The molecule has 2 aliphatic heterocycles. The molecular formula is C22H36O3Si. The van der Waals surface area contributed by atoms with Gasteiger partial charge in [0.25, 0.3) is 0 Å². The molecule has 0 aromatic carbocycles. The standard InChI is InChI=1S/C22H36O3Si/c1-14(2)16-11-10-15(3)19-17(9-8-12-26(5,6)7)24-21(20(16)19)22(4)18(13-23)25-22/h10,14,16-21,23H,9,11,13H2,1-7H3/t16-,17-,18+,19-,20-,21-,22+/m1/s1. The van der Waals surface area contributed by atoms with Crippen LogP contribution in [-0.2, 0) is 9.47 Å². The monoisotopic (exact) mass is 376 g/mol. The molecule has 2 fully saturated rings. The van der Waals surface area contributed by atoms with Crippen LogP contribution in [-0.4, -0.2) is 43.7 Å². The molecule has 26 heavy (non-hydrogen) atoms. The molecule has 0 saturated carbocycles. The van der Waals surface area contributed by atoms with Crippen LogP contribution in [0, 0.1) is 35.1 Å². The molecule has 2 heterocycles. The van der Waals surface area contributed by atoms with Crippen molar-refractivity contribution in [2.45, 2.75) is 84.1 Å². The van der Waals surface area contributed by atoms with Crippen molar-refractivity contribution in [3.63, 3.8) is 0 Å². The molecule has 2 saturated heterocycles. The zero-order valence-electron chi connectivity index (χ0n) is 17.5. The molecule has 3 aliphatic rings. The first-order chi connectivity index (χ1) is 12.1. The molecule has 0 amide bonds. The van der Waals surface area contributed by atoms with Gasteiger partial charge in [-0.05, 0) is 32.1 Å². The normalized spacial score (nSPS) is 42.1. The first kappa shape index (κ1) is 20.1. The number of ether oxygens (including phenoxy) is 2. The van der Waals surface area contributed by atoms with Gasteiger partial charge in [-0.2, -0.15) is 0 Å². The van der Waals surface area contributed by atoms with E-state index in [4.69, 9.17) is 9.47 Å². The highest BCUT2D eigenvalue weighted by atomic mass is 28.3. The lowest BCUT2D eigenvalue weighted by molar-refractivity contribution is -0.0209. The summed E-state index contributed by atoms with van der Waals surface area (Å²) in [4.78, 5) is 0. The van der Waals surface area contributed by atoms with Crippen LogP contribution in [0.2, 0.25) is 19.6 Å². The Morgan fingerprint density at radius 1 is 1.35 bits per heavy atom. The van der Waals surface area contributed by atoms with Gasteiger partial charge >= 0.3 is 0 Å². The smallest absolute Gasteiger partial charge is 0.129 e. The van der Waals surface area contributed by atoms with Gasteiger partial charge in [0.2, 0.25) is 0 Å². The second-order valence-corrected chi connectivity index (χ2v) is 14.8. The van der Waals surface area contributed by atoms with E-state index in [1.54, 1.807) is 0 Å². The maximum absolute atomic E-state index is 9.61. The third kappa shape index (κ3) is 3.69. The summed E-state index contributed by atoms with van der Waals surface area (Å²) in [5, 5.41) is 9.61. The minimum atomic E-state index is -1.37. The Labute approximate surface area is 160 Å². The van der Waals surface area contributed by atoms with Crippen molar-refractivity contribution < 1.29 is 14.6 Å². The number of rotatable bonds is 4. The Hall–Kier alpha value is -0.603. The fourth-order valence-electron chi connectivity index (χ4n) is 5.07. The summed E-state index contributed by atoms with van der Waals surface area (Å²) in [6.07, 6.45) is 4.47. The van der Waals surface area contributed by atoms with E-state index < -0.39 is 8.07 Å². The highest BCUT2D eigenvalue weighted by Crippen LogP contribution is 2.56. The van der Waals surface area contributed by atoms with Crippen LogP contribution in [0.4, 0.5) is 0 Å². The van der Waals surface area contributed by atoms with Crippen molar-refractivity contribution in [1.29, 1.82) is 0 Å². The summed E-state index contributed by atoms with van der Waals surface area (Å²) in [6, 6.07) is 0. The highest BCUT2D eigenvalue weighted by Gasteiger charge is 2.66. The quantitative estimate of drug-likeness (QED) is 0.349. The van der Waals surface area contributed by atoms with Gasteiger partial charge in [-0.3, -0.25) is 0 Å². The van der Waals surface area contributed by atoms with E-state index in [0.29, 0.717) is 23.7 Å². The number of hydrogen-bond donors (Lipinski definition) is 1. The Morgan fingerprint density at radius 3 is 2.58 bits per heavy atom. The van der Waals surface area contributed by atoms with Crippen molar-refractivity contribution in [3.8, 4) is 11.5 Å². The molecule has 0 radical (unpaired) electrons. The molecule has 1 aliphatic carbocycles. The average molecular weight is 377 g/mol. The van der Waals surface area contributed by atoms with E-state index in [1.807, 2.05) is 0 Å². The van der Waals surface area contributed by atoms with Crippen LogP contribution in [0.5, 0.6) is 0 Å². The van der Waals surface area contributed by atoms with Crippen LogP contribution in [0.1, 0.15) is 40.5 Å². The van der Waals surface area contributed by atoms with Crippen molar-refractivity contribution in [3.05, 3.63) is 11.6 Å². The third-order valence-electron chi connectivity index (χ3n) is 6.55. The molecule has 4 heteroatoms. The summed E-state index contributed by atoms with van der Waals surface area (Å²) < 4.78 is 12.6. The number of hydrogen-bond acceptors (Lipinski definition) is 3. The molecule has 3 rings (SSSR count). The van der Waals surface area contributed by atoms with Crippen LogP contribution < -0.4 is 0 Å². The Kier molecular flexibility index (Phi) is 5.49. The fraction of sp³-hybridized carbons (Fsp3) is 0.818. The summed E-state index contributed by atoms with van der Waals surface area (Å²) in [5.74, 6) is 5.55. The molecule has 0 aromatic heterocycles. The Bertz CT molecular complexity index is 624. The van der Waals surface area contributed by atoms with Gasteiger partial charge in [0.15, 0.2) is 0 Å². The van der Waals surface area contributed by atoms with Gasteiger partial charge in [-0.15, -0.1) is 11.5 Å². The van der Waals surface area contributed by atoms with Gasteiger partial charge in [0, 0.05) is 18.3 Å². The number of aliphatic hydroxyl groups is 1. The van der Waals surface area contributed by atoms with Crippen molar-refractivity contribution in [2.24, 2.45) is 23.7 Å². The lowest BCUT2D eigenvalue weighted by Crippen LogP contribution is -2.42. The summed E-state index contributed by atoms with van der Waals surface area (Å²) in [5.41, 5.74) is 4.61. The van der Waals surface area contributed by atoms with E-state index in [1.165, 1.54) is 5.57 Å². The maximum Gasteiger partial charge on any atom is 0.129 e. The molecular weight excluding hydrogens is 340 g/mol. The van der Waals surface area contributed by atoms with Crippen molar-refractivity contribution in [2.75, 3.05) is 6.61 Å². The first-order valence-corrected chi connectivity index (χ1v) is 13.7. The second kappa shape index (κ2) is 7.09. The minimum Gasteiger partial charge on any atom is -0.394 e. The topological polar surface area (TPSA) is 42.0 Å². The summed E-state index contributed by atoms with van der Waals surface area (Å²) in [6.45, 7) is 16.0. The number of fused-ring (bicyclic) bond motifs is 1. The SMILES string of the molecule is CC1=CC[C@H](C(C)C)[C@@H]2[C@H]1[C@@H](CC#C[Si](C)(C)C)O[C@H]2[C@@]1(C)O[C@H]1CO. The first-order valence-electron chi connectivity index (χ1n) is 10.2. The molecule has 0 unspecified atom stereocenters. The second-order valence-electron chi connectivity index (χ2n) is 10.0. The molecule has 1 N–H and O–H groups in total. The van der Waals surface area contributed by atoms with Crippen molar-refractivity contribution in [1.82, 2.24) is 0 Å².